The van der Waals surface area contributed by atoms with Crippen LogP contribution >= 0.6 is 22.6 Å². The number of aromatic nitrogens is 3. The van der Waals surface area contributed by atoms with Crippen LogP contribution in [0.15, 0.2) is 60.8 Å². The minimum atomic E-state index is 0.883. The van der Waals surface area contributed by atoms with E-state index in [0.717, 1.165) is 16.9 Å². The number of benzene rings is 2. The van der Waals surface area contributed by atoms with E-state index >= 15 is 0 Å². The normalized spacial score (nSPS) is 10.5. The Hall–Kier alpha value is -1.69. The molecule has 0 aliphatic rings. The van der Waals surface area contributed by atoms with E-state index in [1.165, 1.54) is 3.57 Å². The van der Waals surface area contributed by atoms with Gasteiger partial charge in [-0.2, -0.15) is 0 Å². The van der Waals surface area contributed by atoms with Gasteiger partial charge in [-0.05, 0) is 46.9 Å². The highest BCUT2D eigenvalue weighted by molar-refractivity contribution is 14.1. The molecule has 1 aromatic heterocycles. The van der Waals surface area contributed by atoms with Crippen molar-refractivity contribution >= 4 is 22.6 Å². The molecule has 0 atom stereocenters. The number of hydrogen-bond donors (Lipinski definition) is 0. The van der Waals surface area contributed by atoms with Gasteiger partial charge < -0.3 is 0 Å². The average Bonchev–Trinajstić information content (AvgIpc) is 2.90. The van der Waals surface area contributed by atoms with Crippen LogP contribution in [0.3, 0.4) is 0 Å². The lowest BCUT2D eigenvalue weighted by Crippen LogP contribution is -1.94. The van der Waals surface area contributed by atoms with Crippen molar-refractivity contribution in [3.8, 4) is 16.9 Å². The van der Waals surface area contributed by atoms with Crippen molar-refractivity contribution in [1.29, 1.82) is 0 Å². The van der Waals surface area contributed by atoms with Crippen LogP contribution in [0.4, 0.5) is 0 Å². The smallest absolute Gasteiger partial charge is 0.113 e. The number of hydrogen-bond acceptors (Lipinski definition) is 2. The third-order valence-electron chi connectivity index (χ3n) is 2.65. The van der Waals surface area contributed by atoms with E-state index in [1.54, 1.807) is 4.68 Å². The molecule has 0 saturated heterocycles. The van der Waals surface area contributed by atoms with Gasteiger partial charge in [0, 0.05) is 9.13 Å². The van der Waals surface area contributed by atoms with Crippen molar-refractivity contribution in [2.45, 2.75) is 0 Å². The van der Waals surface area contributed by atoms with E-state index in [0.29, 0.717) is 0 Å². The van der Waals surface area contributed by atoms with Gasteiger partial charge in [-0.1, -0.05) is 35.5 Å². The highest BCUT2D eigenvalue weighted by Crippen LogP contribution is 2.17. The molecule has 0 amide bonds. The molecule has 0 radical (unpaired) electrons. The van der Waals surface area contributed by atoms with Crippen LogP contribution in [0.1, 0.15) is 0 Å². The van der Waals surface area contributed by atoms with Crippen molar-refractivity contribution < 1.29 is 0 Å². The molecule has 0 fully saturated rings. The van der Waals surface area contributed by atoms with Gasteiger partial charge >= 0.3 is 0 Å². The Morgan fingerprint density at radius 1 is 0.889 bits per heavy atom. The fraction of sp³-hybridized carbons (Fsp3) is 0. The maximum atomic E-state index is 4.20. The molecule has 4 heteroatoms. The Labute approximate surface area is 119 Å². The largest absolute Gasteiger partial charge is 0.220 e. The van der Waals surface area contributed by atoms with E-state index in [1.807, 2.05) is 48.7 Å². The monoisotopic (exact) mass is 347 g/mol. The first-order valence-electron chi connectivity index (χ1n) is 5.57. The molecule has 0 unspecified atom stereocenters. The van der Waals surface area contributed by atoms with E-state index < -0.39 is 0 Å². The predicted molar refractivity (Wildman–Crippen MR) is 79.5 cm³/mol. The van der Waals surface area contributed by atoms with E-state index in [-0.39, 0.29) is 0 Å². The van der Waals surface area contributed by atoms with Crippen LogP contribution in [0.25, 0.3) is 16.9 Å². The van der Waals surface area contributed by atoms with E-state index in [4.69, 9.17) is 0 Å². The van der Waals surface area contributed by atoms with E-state index in [9.17, 15) is 0 Å². The van der Waals surface area contributed by atoms with Crippen molar-refractivity contribution in [3.05, 3.63) is 64.4 Å². The lowest BCUT2D eigenvalue weighted by molar-refractivity contribution is 0.803. The minimum Gasteiger partial charge on any atom is -0.220 e. The molecule has 0 spiro atoms. The first kappa shape index (κ1) is 11.4. The topological polar surface area (TPSA) is 30.7 Å². The average molecular weight is 347 g/mol. The Bertz CT molecular complexity index is 644. The van der Waals surface area contributed by atoms with Crippen molar-refractivity contribution in [3.63, 3.8) is 0 Å². The zero-order valence-electron chi connectivity index (χ0n) is 9.49. The summed E-state index contributed by atoms with van der Waals surface area (Å²) in [5, 5.41) is 8.35. The van der Waals surface area contributed by atoms with Crippen molar-refractivity contribution in [2.75, 3.05) is 0 Å². The number of nitrogens with zero attached hydrogens (tertiary/aromatic N) is 3. The summed E-state index contributed by atoms with van der Waals surface area (Å²) in [6, 6.07) is 18.2. The number of rotatable bonds is 2. The molecule has 0 saturated carbocycles. The van der Waals surface area contributed by atoms with Gasteiger partial charge in [0.2, 0.25) is 0 Å². The summed E-state index contributed by atoms with van der Waals surface area (Å²) in [6.07, 6.45) is 1.94. The van der Waals surface area contributed by atoms with Gasteiger partial charge in [0.25, 0.3) is 0 Å². The van der Waals surface area contributed by atoms with Crippen LogP contribution in [-0.4, -0.2) is 15.0 Å². The van der Waals surface area contributed by atoms with Crippen LogP contribution in [0.2, 0.25) is 0 Å². The fourth-order valence-corrected chi connectivity index (χ4v) is 2.08. The first-order chi connectivity index (χ1) is 8.83. The summed E-state index contributed by atoms with van der Waals surface area (Å²) in [7, 11) is 0. The molecule has 3 rings (SSSR count). The minimum absolute atomic E-state index is 0.883. The number of halogens is 1. The summed E-state index contributed by atoms with van der Waals surface area (Å²) in [4.78, 5) is 0. The third kappa shape index (κ3) is 2.28. The molecule has 0 aliphatic heterocycles. The molecule has 0 aliphatic carbocycles. The molecule has 3 aromatic rings. The Morgan fingerprint density at radius 2 is 1.61 bits per heavy atom. The SMILES string of the molecule is Ic1ccc(-n2cc(-c3ccccc3)nn2)cc1. The zero-order valence-corrected chi connectivity index (χ0v) is 11.7. The van der Waals surface area contributed by atoms with Gasteiger partial charge in [-0.15, -0.1) is 5.10 Å². The summed E-state index contributed by atoms with van der Waals surface area (Å²) < 4.78 is 3.00. The van der Waals surface area contributed by atoms with Gasteiger partial charge in [-0.25, -0.2) is 4.68 Å². The lowest BCUT2D eigenvalue weighted by Gasteiger charge is -1.99. The van der Waals surface area contributed by atoms with Crippen LogP contribution in [0.5, 0.6) is 0 Å². The van der Waals surface area contributed by atoms with Crippen LogP contribution in [-0.2, 0) is 0 Å². The molecule has 0 N–H and O–H groups in total. The van der Waals surface area contributed by atoms with Gasteiger partial charge in [0.1, 0.15) is 5.69 Å². The van der Waals surface area contributed by atoms with Crippen molar-refractivity contribution in [1.82, 2.24) is 15.0 Å². The predicted octanol–water partition coefficient (Wildman–Crippen LogP) is 3.54. The van der Waals surface area contributed by atoms with Gasteiger partial charge in [0.15, 0.2) is 0 Å². The molecule has 2 aromatic carbocycles. The standard InChI is InChI=1S/C14H10IN3/c15-12-6-8-13(9-7-12)18-10-14(16-17-18)11-4-2-1-3-5-11/h1-10H. The second kappa shape index (κ2) is 4.89. The molecule has 18 heavy (non-hydrogen) atoms. The zero-order chi connectivity index (χ0) is 12.4. The quantitative estimate of drug-likeness (QED) is 0.664. The maximum absolute atomic E-state index is 4.20. The Kier molecular flexibility index (Phi) is 3.10. The highest BCUT2D eigenvalue weighted by Gasteiger charge is 2.04. The van der Waals surface area contributed by atoms with Crippen LogP contribution < -0.4 is 0 Å². The van der Waals surface area contributed by atoms with Gasteiger partial charge in [-0.3, -0.25) is 0 Å². The van der Waals surface area contributed by atoms with Crippen molar-refractivity contribution in [2.24, 2.45) is 0 Å². The summed E-state index contributed by atoms with van der Waals surface area (Å²) in [5.41, 5.74) is 2.98. The molecular formula is C14H10IN3. The molecule has 3 nitrogen and oxygen atoms in total. The highest BCUT2D eigenvalue weighted by atomic mass is 127. The second-order valence-corrected chi connectivity index (χ2v) is 5.14. The third-order valence-corrected chi connectivity index (χ3v) is 3.37. The maximum Gasteiger partial charge on any atom is 0.113 e. The fourth-order valence-electron chi connectivity index (χ4n) is 1.73. The van der Waals surface area contributed by atoms with Crippen LogP contribution in [0, 0.1) is 3.57 Å². The summed E-state index contributed by atoms with van der Waals surface area (Å²) in [5.74, 6) is 0. The first-order valence-corrected chi connectivity index (χ1v) is 6.64. The molecular weight excluding hydrogens is 337 g/mol. The molecule has 88 valence electrons. The summed E-state index contributed by atoms with van der Waals surface area (Å²) >= 11 is 2.29. The lowest BCUT2D eigenvalue weighted by atomic mass is 10.2. The molecule has 1 heterocycles. The van der Waals surface area contributed by atoms with E-state index in [2.05, 4.69) is 45.0 Å². The molecule has 0 bridgehead atoms. The summed E-state index contributed by atoms with van der Waals surface area (Å²) in [6.45, 7) is 0. The second-order valence-electron chi connectivity index (χ2n) is 3.89. The van der Waals surface area contributed by atoms with Gasteiger partial charge in [0.05, 0.1) is 11.9 Å². The Balaban J connectivity index is 1.97. The Morgan fingerprint density at radius 3 is 2.33 bits per heavy atom.